The van der Waals surface area contributed by atoms with Crippen LogP contribution in [0.25, 0.3) is 11.1 Å². The lowest BCUT2D eigenvalue weighted by Crippen LogP contribution is -2.22. The molecule has 0 fully saturated rings. The Morgan fingerprint density at radius 1 is 1.22 bits per heavy atom. The summed E-state index contributed by atoms with van der Waals surface area (Å²) in [7, 11) is 0. The number of rotatable bonds is 6. The van der Waals surface area contributed by atoms with E-state index in [9.17, 15) is 4.79 Å². The van der Waals surface area contributed by atoms with Gasteiger partial charge >= 0.3 is 0 Å². The lowest BCUT2D eigenvalue weighted by molar-refractivity contribution is 0.668. The monoisotopic (exact) mass is 511 g/mol. The summed E-state index contributed by atoms with van der Waals surface area (Å²) in [4.78, 5) is 21.3. The van der Waals surface area contributed by atoms with Gasteiger partial charge in [-0.2, -0.15) is 4.98 Å². The maximum absolute atomic E-state index is 12.7. The summed E-state index contributed by atoms with van der Waals surface area (Å²) in [5.74, 6) is 1.45. The van der Waals surface area contributed by atoms with Gasteiger partial charge in [-0.05, 0) is 31.0 Å². The minimum Gasteiger partial charge on any atom is -0.333 e. The summed E-state index contributed by atoms with van der Waals surface area (Å²) < 4.78 is 2.32. The summed E-state index contributed by atoms with van der Waals surface area (Å²) >= 11 is 9.95. The van der Waals surface area contributed by atoms with Crippen LogP contribution in [0.15, 0.2) is 53.5 Å². The third-order valence-corrected chi connectivity index (χ3v) is 7.28. The zero-order valence-electron chi connectivity index (χ0n) is 15.0. The van der Waals surface area contributed by atoms with Gasteiger partial charge in [-0.3, -0.25) is 4.79 Å². The zero-order chi connectivity index (χ0) is 19.4. The highest BCUT2D eigenvalue weighted by atomic mass is 127. The molecule has 1 unspecified atom stereocenters. The van der Waals surface area contributed by atoms with E-state index in [0.29, 0.717) is 16.5 Å². The van der Waals surface area contributed by atoms with Crippen molar-refractivity contribution < 1.29 is 0 Å². The van der Waals surface area contributed by atoms with Gasteiger partial charge in [0.05, 0.1) is 14.6 Å². The van der Waals surface area contributed by atoms with Crippen LogP contribution in [0.5, 0.6) is 0 Å². The first-order chi connectivity index (χ1) is 13.0. The zero-order valence-corrected chi connectivity index (χ0v) is 18.8. The highest BCUT2D eigenvalue weighted by Gasteiger charge is 2.16. The fourth-order valence-corrected chi connectivity index (χ4v) is 4.82. The van der Waals surface area contributed by atoms with E-state index in [0.717, 1.165) is 29.2 Å². The standard InChI is InChI=1S/C20H19ClIN3OS/c1-3-25-13(2)18(14-7-5-4-6-8-14)20(26)24-17(25)12-27-19(22)15-9-10-16(21)23-11-15/h4-11,19H,3,12H2,1-2H3. The molecule has 0 aliphatic carbocycles. The van der Waals surface area contributed by atoms with Crippen molar-refractivity contribution in [2.75, 3.05) is 0 Å². The molecule has 27 heavy (non-hydrogen) atoms. The second kappa shape index (κ2) is 9.21. The Morgan fingerprint density at radius 2 is 1.96 bits per heavy atom. The first-order valence-corrected chi connectivity index (χ1v) is 11.2. The molecule has 0 saturated heterocycles. The molecule has 2 aromatic heterocycles. The van der Waals surface area contributed by atoms with Gasteiger partial charge in [-0.1, -0.05) is 70.6 Å². The van der Waals surface area contributed by atoms with E-state index < -0.39 is 0 Å². The van der Waals surface area contributed by atoms with Crippen molar-refractivity contribution in [3.63, 3.8) is 0 Å². The van der Waals surface area contributed by atoms with E-state index in [2.05, 4.69) is 44.0 Å². The fraction of sp³-hybridized carbons (Fsp3) is 0.250. The number of halogens is 2. The van der Waals surface area contributed by atoms with Crippen molar-refractivity contribution in [2.45, 2.75) is 29.4 Å². The molecule has 3 rings (SSSR count). The molecule has 0 amide bonds. The van der Waals surface area contributed by atoms with Crippen LogP contribution >= 0.6 is 46.0 Å². The molecule has 4 nitrogen and oxygen atoms in total. The number of pyridine rings is 1. The van der Waals surface area contributed by atoms with Gasteiger partial charge in [0.15, 0.2) is 0 Å². The van der Waals surface area contributed by atoms with Crippen LogP contribution in [-0.2, 0) is 12.3 Å². The lowest BCUT2D eigenvalue weighted by atomic mass is 10.1. The van der Waals surface area contributed by atoms with E-state index >= 15 is 0 Å². The van der Waals surface area contributed by atoms with Crippen molar-refractivity contribution in [3.8, 4) is 11.1 Å². The van der Waals surface area contributed by atoms with Gasteiger partial charge in [-0.15, -0.1) is 11.8 Å². The molecular formula is C20H19ClIN3OS. The van der Waals surface area contributed by atoms with Crippen LogP contribution in [0.3, 0.4) is 0 Å². The Hall–Kier alpha value is -1.38. The molecule has 7 heteroatoms. The Kier molecular flexibility index (Phi) is 6.94. The van der Waals surface area contributed by atoms with Crippen LogP contribution in [0.4, 0.5) is 0 Å². The fourth-order valence-electron chi connectivity index (χ4n) is 2.95. The second-order valence-electron chi connectivity index (χ2n) is 5.95. The van der Waals surface area contributed by atoms with Crippen molar-refractivity contribution in [3.05, 3.63) is 81.3 Å². The van der Waals surface area contributed by atoms with Crippen LogP contribution in [0.2, 0.25) is 5.15 Å². The molecule has 0 bridgehead atoms. The van der Waals surface area contributed by atoms with Crippen LogP contribution in [0, 0.1) is 6.92 Å². The predicted molar refractivity (Wildman–Crippen MR) is 122 cm³/mol. The largest absolute Gasteiger partial charge is 0.333 e. The number of benzene rings is 1. The molecule has 0 spiro atoms. The van der Waals surface area contributed by atoms with Gasteiger partial charge in [0, 0.05) is 18.4 Å². The van der Waals surface area contributed by atoms with Crippen molar-refractivity contribution in [1.82, 2.24) is 14.5 Å². The van der Waals surface area contributed by atoms with Gasteiger partial charge in [-0.25, -0.2) is 4.98 Å². The van der Waals surface area contributed by atoms with Crippen LogP contribution in [-0.4, -0.2) is 14.5 Å². The lowest BCUT2D eigenvalue weighted by Gasteiger charge is -2.18. The second-order valence-corrected chi connectivity index (χ2v) is 9.52. The number of alkyl halides is 1. The van der Waals surface area contributed by atoms with Crippen LogP contribution < -0.4 is 5.56 Å². The molecule has 0 aliphatic heterocycles. The normalized spacial score (nSPS) is 12.1. The van der Waals surface area contributed by atoms with Crippen LogP contribution in [0.1, 0.15) is 27.3 Å². The summed E-state index contributed by atoms with van der Waals surface area (Å²) in [5.41, 5.74) is 3.47. The Morgan fingerprint density at radius 3 is 2.59 bits per heavy atom. The maximum Gasteiger partial charge on any atom is 0.281 e. The molecule has 0 radical (unpaired) electrons. The summed E-state index contributed by atoms with van der Waals surface area (Å²) in [6.45, 7) is 4.84. The number of nitrogens with zero attached hydrogens (tertiary/aromatic N) is 3. The molecular weight excluding hydrogens is 493 g/mol. The van der Waals surface area contributed by atoms with E-state index in [-0.39, 0.29) is 8.82 Å². The smallest absolute Gasteiger partial charge is 0.281 e. The first-order valence-electron chi connectivity index (χ1n) is 8.54. The first kappa shape index (κ1) is 20.4. The molecule has 0 saturated carbocycles. The molecule has 0 aliphatic rings. The number of hydrogen-bond donors (Lipinski definition) is 0. The summed E-state index contributed by atoms with van der Waals surface area (Å²) in [6.07, 6.45) is 1.79. The molecule has 1 aromatic carbocycles. The van der Waals surface area contributed by atoms with Gasteiger partial charge in [0.2, 0.25) is 0 Å². The average Bonchev–Trinajstić information content (AvgIpc) is 2.67. The summed E-state index contributed by atoms with van der Waals surface area (Å²) in [5, 5.41) is 0.487. The van der Waals surface area contributed by atoms with Gasteiger partial charge < -0.3 is 4.57 Å². The van der Waals surface area contributed by atoms with E-state index in [4.69, 9.17) is 11.6 Å². The van der Waals surface area contributed by atoms with Crippen molar-refractivity contribution in [2.24, 2.45) is 0 Å². The Labute approximate surface area is 181 Å². The molecule has 0 N–H and O–H groups in total. The quantitative estimate of drug-likeness (QED) is 0.244. The third kappa shape index (κ3) is 4.73. The minimum absolute atomic E-state index is 0.169. The average molecular weight is 512 g/mol. The SMILES string of the molecule is CCn1c(CSC(I)c2ccc(Cl)nc2)nc(=O)c(-c2ccccc2)c1C. The van der Waals surface area contributed by atoms with Gasteiger partial charge in [0.25, 0.3) is 5.56 Å². The molecule has 1 atom stereocenters. The van der Waals surface area contributed by atoms with Crippen molar-refractivity contribution in [1.29, 1.82) is 0 Å². The summed E-state index contributed by atoms with van der Waals surface area (Å²) in [6, 6.07) is 13.5. The van der Waals surface area contributed by atoms with E-state index in [1.54, 1.807) is 24.0 Å². The topological polar surface area (TPSA) is 47.8 Å². The predicted octanol–water partition coefficient (Wildman–Crippen LogP) is 5.65. The van der Waals surface area contributed by atoms with E-state index in [1.165, 1.54) is 0 Å². The van der Waals surface area contributed by atoms with E-state index in [1.807, 2.05) is 43.3 Å². The number of thioether (sulfide) groups is 1. The molecule has 3 aromatic rings. The molecule has 140 valence electrons. The number of aromatic nitrogens is 3. The Balaban J connectivity index is 1.88. The third-order valence-electron chi connectivity index (χ3n) is 4.27. The number of hydrogen-bond acceptors (Lipinski definition) is 4. The highest BCUT2D eigenvalue weighted by Crippen LogP contribution is 2.37. The van der Waals surface area contributed by atoms with Crippen molar-refractivity contribution >= 4 is 46.0 Å². The molecule has 2 heterocycles. The minimum atomic E-state index is -0.169. The van der Waals surface area contributed by atoms with Gasteiger partial charge in [0.1, 0.15) is 11.0 Å². The Bertz CT molecular complexity index is 977. The maximum atomic E-state index is 12.7. The highest BCUT2D eigenvalue weighted by molar-refractivity contribution is 14.1.